The van der Waals surface area contributed by atoms with Crippen molar-refractivity contribution in [3.63, 3.8) is 0 Å². The minimum atomic E-state index is -3.24. The van der Waals surface area contributed by atoms with E-state index in [9.17, 15) is 18.5 Å². The van der Waals surface area contributed by atoms with Gasteiger partial charge in [0.15, 0.2) is 0 Å². The van der Waals surface area contributed by atoms with Gasteiger partial charge >= 0.3 is 5.97 Å². The van der Waals surface area contributed by atoms with Crippen LogP contribution in [0, 0.1) is 31.1 Å². The zero-order chi connectivity index (χ0) is 31.2. The fourth-order valence-corrected chi connectivity index (χ4v) is 7.75. The van der Waals surface area contributed by atoms with Crippen molar-refractivity contribution in [3.05, 3.63) is 81.9 Å². The summed E-state index contributed by atoms with van der Waals surface area (Å²) in [4.78, 5) is 12.1. The summed E-state index contributed by atoms with van der Waals surface area (Å²) in [5, 5.41) is 10.1. The summed E-state index contributed by atoms with van der Waals surface area (Å²) >= 11 is 0. The molecule has 3 aliphatic rings. The zero-order valence-electron chi connectivity index (χ0n) is 25.6. The molecule has 0 bridgehead atoms. The Morgan fingerprint density at radius 2 is 1.73 bits per heavy atom. The molecule has 2 fully saturated rings. The van der Waals surface area contributed by atoms with Crippen LogP contribution in [0.3, 0.4) is 0 Å². The minimum Gasteiger partial charge on any atom is -0.489 e. The van der Waals surface area contributed by atoms with Gasteiger partial charge in [-0.2, -0.15) is 9.57 Å². The third kappa shape index (κ3) is 5.93. The molecule has 1 unspecified atom stereocenters. The van der Waals surface area contributed by atoms with Gasteiger partial charge in [0.05, 0.1) is 37.0 Å². The second kappa shape index (κ2) is 11.9. The van der Waals surface area contributed by atoms with Crippen LogP contribution in [0.1, 0.15) is 71.6 Å². The zero-order valence-corrected chi connectivity index (χ0v) is 26.4. The molecule has 1 saturated heterocycles. The van der Waals surface area contributed by atoms with E-state index < -0.39 is 10.0 Å². The Kier molecular flexibility index (Phi) is 8.16. The number of aryl methyl sites for hydroxylation is 2. The monoisotopic (exact) mass is 614 g/mol. The van der Waals surface area contributed by atoms with Gasteiger partial charge in [-0.05, 0) is 116 Å². The van der Waals surface area contributed by atoms with Crippen molar-refractivity contribution >= 4 is 16.0 Å². The second-order valence-electron chi connectivity index (χ2n) is 12.2. The van der Waals surface area contributed by atoms with Gasteiger partial charge in [0.1, 0.15) is 23.7 Å². The van der Waals surface area contributed by atoms with Crippen molar-refractivity contribution in [3.8, 4) is 28.7 Å². The maximum absolute atomic E-state index is 12.1. The molecule has 0 N–H and O–H groups in total. The van der Waals surface area contributed by atoms with E-state index in [0.29, 0.717) is 37.4 Å². The lowest BCUT2D eigenvalue weighted by Crippen LogP contribution is -2.29. The molecule has 2 aliphatic carbocycles. The SMILES string of the molecule is CCOC(=O)[C@H]1C[C@@H]1c1ccc(O[C@@H]2CCc3c2ccc(C#N)c3-c2c(C)cc(OC3CCN(S(C)(=O)=O)C3)cc2C)cc1. The molecule has 1 saturated carbocycles. The average molecular weight is 615 g/mol. The standard InChI is InChI=1S/C35H38N2O6S/c1-5-41-35(38)31-18-30(31)23-6-9-25(10-7-23)43-32-13-12-29-28(32)11-8-24(19-36)34(29)33-21(2)16-27(17-22(33)3)42-26-14-15-37(20-26)44(4,39)40/h6-11,16-17,26,30-32H,5,12-15,18,20H2,1-4H3/t26?,30-,31+,32-/m1/s1. The lowest BCUT2D eigenvalue weighted by molar-refractivity contribution is -0.144. The largest absolute Gasteiger partial charge is 0.489 e. The predicted octanol–water partition coefficient (Wildman–Crippen LogP) is 5.99. The van der Waals surface area contributed by atoms with Gasteiger partial charge < -0.3 is 14.2 Å². The Hall–Kier alpha value is -3.87. The molecule has 1 aliphatic heterocycles. The molecule has 3 aromatic carbocycles. The number of hydrogen-bond acceptors (Lipinski definition) is 7. The maximum Gasteiger partial charge on any atom is 0.309 e. The van der Waals surface area contributed by atoms with Crippen LogP contribution in [0.4, 0.5) is 0 Å². The van der Waals surface area contributed by atoms with Crippen molar-refractivity contribution in [2.24, 2.45) is 5.92 Å². The number of rotatable bonds is 9. The normalized spacial score (nSPS) is 22.7. The summed E-state index contributed by atoms with van der Waals surface area (Å²) < 4.78 is 43.2. The van der Waals surface area contributed by atoms with E-state index in [4.69, 9.17) is 14.2 Å². The van der Waals surface area contributed by atoms with Crippen LogP contribution < -0.4 is 9.47 Å². The van der Waals surface area contributed by atoms with Gasteiger partial charge in [-0.15, -0.1) is 0 Å². The second-order valence-corrected chi connectivity index (χ2v) is 14.1. The predicted molar refractivity (Wildman–Crippen MR) is 167 cm³/mol. The highest BCUT2D eigenvalue weighted by molar-refractivity contribution is 7.88. The van der Waals surface area contributed by atoms with Gasteiger partial charge in [-0.25, -0.2) is 8.42 Å². The van der Waals surface area contributed by atoms with E-state index in [0.717, 1.165) is 64.0 Å². The van der Waals surface area contributed by atoms with Gasteiger partial charge in [0.25, 0.3) is 0 Å². The average Bonchev–Trinajstić information content (AvgIpc) is 3.46. The number of carbonyl (C=O) groups excluding carboxylic acids is 1. The molecule has 0 aromatic heterocycles. The molecule has 9 heteroatoms. The smallest absolute Gasteiger partial charge is 0.309 e. The number of fused-ring (bicyclic) bond motifs is 1. The van der Waals surface area contributed by atoms with E-state index in [1.807, 2.05) is 69.3 Å². The van der Waals surface area contributed by atoms with Crippen molar-refractivity contribution < 1.29 is 27.4 Å². The third-order valence-corrected chi connectivity index (χ3v) is 10.3. The summed E-state index contributed by atoms with van der Waals surface area (Å²) in [5.41, 5.74) is 7.99. The molecule has 0 spiro atoms. The topological polar surface area (TPSA) is 106 Å². The van der Waals surface area contributed by atoms with E-state index in [2.05, 4.69) is 6.07 Å². The fraction of sp³-hybridized carbons (Fsp3) is 0.429. The van der Waals surface area contributed by atoms with Gasteiger partial charge in [0, 0.05) is 12.1 Å². The van der Waals surface area contributed by atoms with Crippen LogP contribution in [0.25, 0.3) is 11.1 Å². The molecular weight excluding hydrogens is 576 g/mol. The highest BCUT2D eigenvalue weighted by Gasteiger charge is 2.45. The van der Waals surface area contributed by atoms with Gasteiger partial charge in [-0.1, -0.05) is 18.2 Å². The first-order valence-corrected chi connectivity index (χ1v) is 17.1. The van der Waals surface area contributed by atoms with Crippen LogP contribution in [0.15, 0.2) is 48.5 Å². The Morgan fingerprint density at radius 3 is 2.36 bits per heavy atom. The van der Waals surface area contributed by atoms with E-state index in [1.165, 1.54) is 10.6 Å². The fourth-order valence-electron chi connectivity index (χ4n) is 6.87. The number of nitriles is 1. The molecule has 4 atom stereocenters. The first kappa shape index (κ1) is 30.2. The summed E-state index contributed by atoms with van der Waals surface area (Å²) in [5.74, 6) is 1.54. The summed E-state index contributed by atoms with van der Waals surface area (Å²) in [6.45, 7) is 7.11. The van der Waals surface area contributed by atoms with Crippen LogP contribution in [-0.4, -0.2) is 50.7 Å². The maximum atomic E-state index is 12.1. The molecule has 230 valence electrons. The van der Waals surface area contributed by atoms with E-state index in [1.54, 1.807) is 0 Å². The van der Waals surface area contributed by atoms with Crippen molar-refractivity contribution in [2.75, 3.05) is 26.0 Å². The molecular formula is C35H38N2O6S. The molecule has 3 aromatic rings. The first-order valence-electron chi connectivity index (χ1n) is 15.3. The number of ether oxygens (including phenoxy) is 3. The Bertz CT molecular complexity index is 1720. The molecule has 1 heterocycles. The summed E-state index contributed by atoms with van der Waals surface area (Å²) in [7, 11) is -3.24. The van der Waals surface area contributed by atoms with Crippen molar-refractivity contribution in [1.29, 1.82) is 5.26 Å². The van der Waals surface area contributed by atoms with Gasteiger partial charge in [-0.3, -0.25) is 4.79 Å². The number of nitrogens with zero attached hydrogens (tertiary/aromatic N) is 2. The first-order chi connectivity index (χ1) is 21.1. The molecule has 6 rings (SSSR count). The quantitative estimate of drug-likeness (QED) is 0.273. The van der Waals surface area contributed by atoms with Crippen molar-refractivity contribution in [1.82, 2.24) is 4.31 Å². The van der Waals surface area contributed by atoms with Crippen LogP contribution in [0.5, 0.6) is 11.5 Å². The number of sulfonamides is 1. The lowest BCUT2D eigenvalue weighted by atomic mass is 9.87. The highest BCUT2D eigenvalue weighted by Crippen LogP contribution is 2.49. The number of esters is 1. The van der Waals surface area contributed by atoms with Gasteiger partial charge in [0.2, 0.25) is 10.0 Å². The third-order valence-electron chi connectivity index (χ3n) is 9.08. The van der Waals surface area contributed by atoms with Crippen LogP contribution in [-0.2, 0) is 26.0 Å². The van der Waals surface area contributed by atoms with E-state index >= 15 is 0 Å². The Labute approximate surface area is 259 Å². The summed E-state index contributed by atoms with van der Waals surface area (Å²) in [6.07, 6.45) is 3.99. The number of benzene rings is 3. The van der Waals surface area contributed by atoms with Crippen LogP contribution in [0.2, 0.25) is 0 Å². The van der Waals surface area contributed by atoms with Crippen molar-refractivity contribution in [2.45, 2.75) is 64.6 Å². The molecule has 8 nitrogen and oxygen atoms in total. The summed E-state index contributed by atoms with van der Waals surface area (Å²) in [6, 6.07) is 18.3. The highest BCUT2D eigenvalue weighted by atomic mass is 32.2. The molecule has 0 radical (unpaired) electrons. The molecule has 44 heavy (non-hydrogen) atoms. The van der Waals surface area contributed by atoms with E-state index in [-0.39, 0.29) is 30.0 Å². The number of hydrogen-bond donors (Lipinski definition) is 0. The Balaban J connectivity index is 1.21. The minimum absolute atomic E-state index is 0.0447. The van der Waals surface area contributed by atoms with Crippen LogP contribution >= 0.6 is 0 Å². The Morgan fingerprint density at radius 1 is 1.00 bits per heavy atom. The molecule has 0 amide bonds. The lowest BCUT2D eigenvalue weighted by Gasteiger charge is -2.20. The number of carbonyl (C=O) groups is 1.